The third-order valence-electron chi connectivity index (χ3n) is 3.21. The number of hydrogen-bond acceptors (Lipinski definition) is 5. The van der Waals surface area contributed by atoms with Crippen LogP contribution in [0.15, 0.2) is 36.1 Å². The fraction of sp³-hybridized carbons (Fsp3) is 0.375. The fourth-order valence-electron chi connectivity index (χ4n) is 2.27. The molecule has 5 nitrogen and oxygen atoms in total. The van der Waals surface area contributed by atoms with E-state index in [1.165, 1.54) is 7.11 Å². The van der Waals surface area contributed by atoms with E-state index in [0.29, 0.717) is 18.6 Å². The second kappa shape index (κ2) is 6.92. The lowest BCUT2D eigenvalue weighted by Gasteiger charge is -2.13. The maximum absolute atomic E-state index is 12.0. The van der Waals surface area contributed by atoms with Crippen LogP contribution in [-0.2, 0) is 23.8 Å². The summed E-state index contributed by atoms with van der Waals surface area (Å²) in [6.45, 7) is 2.19. The molecular weight excluding hydrogens is 272 g/mol. The molecule has 0 radical (unpaired) electrons. The van der Waals surface area contributed by atoms with Gasteiger partial charge in [-0.25, -0.2) is 4.79 Å². The first kappa shape index (κ1) is 15.1. The molecule has 0 N–H and O–H groups in total. The highest BCUT2D eigenvalue weighted by Crippen LogP contribution is 2.34. The zero-order valence-electron chi connectivity index (χ0n) is 12.1. The van der Waals surface area contributed by atoms with Crippen LogP contribution in [0.1, 0.15) is 25.3 Å². The summed E-state index contributed by atoms with van der Waals surface area (Å²) in [7, 11) is 1.34. The Hall–Kier alpha value is -2.30. The van der Waals surface area contributed by atoms with E-state index in [1.54, 1.807) is 0 Å². The van der Waals surface area contributed by atoms with Crippen molar-refractivity contribution in [2.45, 2.75) is 25.9 Å². The highest BCUT2D eigenvalue weighted by atomic mass is 16.6. The summed E-state index contributed by atoms with van der Waals surface area (Å²) in [5.41, 5.74) is 1.56. The van der Waals surface area contributed by atoms with Gasteiger partial charge in [0, 0.05) is 12.0 Å². The van der Waals surface area contributed by atoms with Crippen molar-refractivity contribution >= 4 is 17.5 Å². The minimum Gasteiger partial charge on any atom is -0.487 e. The third-order valence-corrected chi connectivity index (χ3v) is 3.21. The van der Waals surface area contributed by atoms with Gasteiger partial charge in [0.15, 0.2) is 0 Å². The lowest BCUT2D eigenvalue weighted by molar-refractivity contribution is -0.146. The first-order valence-corrected chi connectivity index (χ1v) is 6.87. The predicted octanol–water partition coefficient (Wildman–Crippen LogP) is 2.31. The van der Waals surface area contributed by atoms with Gasteiger partial charge in [-0.2, -0.15) is 0 Å². The number of methoxy groups -OCH3 is 1. The zero-order chi connectivity index (χ0) is 15.2. The quantitative estimate of drug-likeness (QED) is 0.752. The van der Waals surface area contributed by atoms with Crippen molar-refractivity contribution in [2.75, 3.05) is 13.7 Å². The monoisotopic (exact) mass is 290 g/mol. The van der Waals surface area contributed by atoms with Crippen LogP contribution in [0.4, 0.5) is 0 Å². The molecule has 0 saturated carbocycles. The van der Waals surface area contributed by atoms with Crippen LogP contribution in [0.5, 0.6) is 0 Å². The second-order valence-electron chi connectivity index (χ2n) is 4.55. The molecule has 0 bridgehead atoms. The van der Waals surface area contributed by atoms with E-state index in [0.717, 1.165) is 5.56 Å². The Balaban J connectivity index is 2.29. The van der Waals surface area contributed by atoms with Gasteiger partial charge in [0.25, 0.3) is 0 Å². The van der Waals surface area contributed by atoms with Crippen molar-refractivity contribution in [1.29, 1.82) is 0 Å². The molecule has 1 unspecified atom stereocenters. The summed E-state index contributed by atoms with van der Waals surface area (Å²) in [5, 5.41) is 0. The highest BCUT2D eigenvalue weighted by Gasteiger charge is 2.36. The molecule has 1 aliphatic rings. The molecule has 2 rings (SSSR count). The molecule has 1 aliphatic heterocycles. The van der Waals surface area contributed by atoms with E-state index in [9.17, 15) is 9.59 Å². The molecule has 0 aromatic heterocycles. The Morgan fingerprint density at radius 3 is 2.62 bits per heavy atom. The highest BCUT2D eigenvalue weighted by molar-refractivity contribution is 6.01. The van der Waals surface area contributed by atoms with Gasteiger partial charge in [-0.05, 0) is 18.9 Å². The average molecular weight is 290 g/mol. The number of ether oxygens (including phenoxy) is 3. The molecule has 1 atom stereocenters. The maximum Gasteiger partial charge on any atom is 0.374 e. The van der Waals surface area contributed by atoms with Crippen molar-refractivity contribution in [3.8, 4) is 0 Å². The Labute approximate surface area is 123 Å². The zero-order valence-corrected chi connectivity index (χ0v) is 12.1. The largest absolute Gasteiger partial charge is 0.487 e. The van der Waals surface area contributed by atoms with Gasteiger partial charge in [-0.15, -0.1) is 0 Å². The number of esters is 2. The SMILES string of the molecule is CCOC1=C(c2ccccc2)C(CCC(=O)OC)OC1=O. The summed E-state index contributed by atoms with van der Waals surface area (Å²) in [6.07, 6.45) is 0.0733. The van der Waals surface area contributed by atoms with Crippen molar-refractivity contribution in [2.24, 2.45) is 0 Å². The minimum absolute atomic E-state index is 0.185. The van der Waals surface area contributed by atoms with Gasteiger partial charge in [0.2, 0.25) is 5.76 Å². The van der Waals surface area contributed by atoms with Crippen LogP contribution in [0.3, 0.4) is 0 Å². The fourth-order valence-corrected chi connectivity index (χ4v) is 2.27. The van der Waals surface area contributed by atoms with Crippen molar-refractivity contribution in [3.63, 3.8) is 0 Å². The molecule has 1 aromatic carbocycles. The molecule has 5 heteroatoms. The third kappa shape index (κ3) is 3.42. The lowest BCUT2D eigenvalue weighted by atomic mass is 9.97. The summed E-state index contributed by atoms with van der Waals surface area (Å²) < 4.78 is 15.4. The molecule has 0 amide bonds. The smallest absolute Gasteiger partial charge is 0.374 e. The summed E-state index contributed by atoms with van der Waals surface area (Å²) in [5.74, 6) is -0.576. The molecule has 21 heavy (non-hydrogen) atoms. The van der Waals surface area contributed by atoms with E-state index in [2.05, 4.69) is 4.74 Å². The standard InChI is InChI=1S/C16H18O5/c1-3-20-15-14(11-7-5-4-6-8-11)12(21-16(15)18)9-10-13(17)19-2/h4-8,12H,3,9-10H2,1-2H3. The normalized spacial score (nSPS) is 17.6. The topological polar surface area (TPSA) is 61.8 Å². The summed E-state index contributed by atoms with van der Waals surface area (Å²) in [4.78, 5) is 23.2. The Bertz CT molecular complexity index is 547. The van der Waals surface area contributed by atoms with Gasteiger partial charge < -0.3 is 14.2 Å². The van der Waals surface area contributed by atoms with Gasteiger partial charge in [-0.3, -0.25) is 4.79 Å². The molecule has 1 heterocycles. The van der Waals surface area contributed by atoms with Crippen LogP contribution in [0.25, 0.3) is 5.57 Å². The first-order chi connectivity index (χ1) is 10.2. The number of carbonyl (C=O) groups excluding carboxylic acids is 2. The van der Waals surface area contributed by atoms with E-state index >= 15 is 0 Å². The van der Waals surface area contributed by atoms with E-state index in [-0.39, 0.29) is 18.1 Å². The molecule has 0 saturated heterocycles. The number of benzene rings is 1. The number of carbonyl (C=O) groups is 2. The number of rotatable bonds is 6. The van der Waals surface area contributed by atoms with Gasteiger partial charge >= 0.3 is 11.9 Å². The van der Waals surface area contributed by atoms with Crippen LogP contribution < -0.4 is 0 Å². The first-order valence-electron chi connectivity index (χ1n) is 6.87. The van der Waals surface area contributed by atoms with Crippen molar-refractivity contribution in [3.05, 3.63) is 41.7 Å². The molecule has 112 valence electrons. The van der Waals surface area contributed by atoms with Crippen molar-refractivity contribution < 1.29 is 23.8 Å². The Morgan fingerprint density at radius 1 is 1.29 bits per heavy atom. The van der Waals surface area contributed by atoms with E-state index in [1.807, 2.05) is 37.3 Å². The lowest BCUT2D eigenvalue weighted by Crippen LogP contribution is -2.14. The molecule has 1 aromatic rings. The average Bonchev–Trinajstić information content (AvgIpc) is 2.82. The van der Waals surface area contributed by atoms with Crippen LogP contribution in [0.2, 0.25) is 0 Å². The predicted molar refractivity (Wildman–Crippen MR) is 76.1 cm³/mol. The van der Waals surface area contributed by atoms with Crippen LogP contribution >= 0.6 is 0 Å². The second-order valence-corrected chi connectivity index (χ2v) is 4.55. The Morgan fingerprint density at radius 2 is 2.00 bits per heavy atom. The van der Waals surface area contributed by atoms with Crippen LogP contribution in [-0.4, -0.2) is 31.8 Å². The maximum atomic E-state index is 12.0. The van der Waals surface area contributed by atoms with Crippen molar-refractivity contribution in [1.82, 2.24) is 0 Å². The Kier molecular flexibility index (Phi) is 4.98. The van der Waals surface area contributed by atoms with Crippen LogP contribution in [0, 0.1) is 0 Å². The number of hydrogen-bond donors (Lipinski definition) is 0. The van der Waals surface area contributed by atoms with Gasteiger partial charge in [0.05, 0.1) is 13.7 Å². The summed E-state index contributed by atoms with van der Waals surface area (Å²) >= 11 is 0. The molecule has 0 aliphatic carbocycles. The molecular formula is C16H18O5. The van der Waals surface area contributed by atoms with E-state index < -0.39 is 12.1 Å². The van der Waals surface area contributed by atoms with Gasteiger partial charge in [-0.1, -0.05) is 30.3 Å². The van der Waals surface area contributed by atoms with Gasteiger partial charge in [0.1, 0.15) is 6.10 Å². The molecule has 0 fully saturated rings. The minimum atomic E-state index is -0.486. The molecule has 0 spiro atoms. The van der Waals surface area contributed by atoms with E-state index in [4.69, 9.17) is 9.47 Å². The number of cyclic esters (lactones) is 1. The summed E-state index contributed by atoms with van der Waals surface area (Å²) in [6, 6.07) is 9.44.